The van der Waals surface area contributed by atoms with Gasteiger partial charge in [-0.1, -0.05) is 165 Å². The van der Waals surface area contributed by atoms with Crippen LogP contribution in [-0.2, 0) is 26.0 Å². The van der Waals surface area contributed by atoms with E-state index in [9.17, 15) is 15.3 Å². The maximum atomic E-state index is 11.7. The molecule has 1 atom stereocenters. The fraction of sp³-hybridized carbons (Fsp3) is 0.640. The summed E-state index contributed by atoms with van der Waals surface area (Å²) in [6.45, 7) is 30.7. The van der Waals surface area contributed by atoms with E-state index in [0.29, 0.717) is 17.2 Å². The molecule has 0 aliphatic rings. The molecule has 0 amide bonds. The summed E-state index contributed by atoms with van der Waals surface area (Å²) in [6.07, 6.45) is 15.8. The Kier molecular flexibility index (Phi) is 21.0. The van der Waals surface area contributed by atoms with Gasteiger partial charge in [0.2, 0.25) is 0 Å². The van der Waals surface area contributed by atoms with Crippen LogP contribution >= 0.6 is 17.2 Å². The van der Waals surface area contributed by atoms with Gasteiger partial charge in [-0.3, -0.25) is 0 Å². The molecule has 0 heterocycles. The van der Waals surface area contributed by atoms with Crippen LogP contribution in [0.15, 0.2) is 36.4 Å². The molecule has 0 aliphatic heterocycles. The summed E-state index contributed by atoms with van der Waals surface area (Å²) in [5.74, 6) is 1.10. The maximum absolute atomic E-state index is 11.7. The fourth-order valence-corrected chi connectivity index (χ4v) is 8.97. The maximum Gasteiger partial charge on any atom is 0.334 e. The number of phenols is 3. The van der Waals surface area contributed by atoms with Gasteiger partial charge in [0.25, 0.3) is 0 Å². The van der Waals surface area contributed by atoms with Crippen LogP contribution in [0.5, 0.6) is 17.2 Å². The minimum atomic E-state index is -2.61. The quantitative estimate of drug-likeness (QED) is 0.0465. The molecule has 3 rings (SSSR count). The van der Waals surface area contributed by atoms with E-state index in [0.717, 1.165) is 70.2 Å². The third-order valence-electron chi connectivity index (χ3n) is 12.3. The van der Waals surface area contributed by atoms with E-state index in [1.54, 1.807) is 0 Å². The Hall–Kier alpha value is -2.28. The predicted octanol–water partition coefficient (Wildman–Crippen LogP) is 14.2. The second-order valence-corrected chi connectivity index (χ2v) is 22.0. The van der Waals surface area contributed by atoms with Crippen LogP contribution < -0.4 is 0 Å². The van der Waals surface area contributed by atoms with Crippen molar-refractivity contribution in [3.05, 3.63) is 86.5 Å². The number of benzene rings is 3. The Labute approximate surface area is 366 Å². The molecule has 0 saturated carbocycles. The van der Waals surface area contributed by atoms with Gasteiger partial charge in [0.15, 0.2) is 0 Å². The summed E-state index contributed by atoms with van der Waals surface area (Å²) < 4.78 is 3.60. The molecular formula is C50H82O8P2. The second-order valence-electron chi connectivity index (χ2n) is 20.4. The molecule has 0 fully saturated rings. The predicted molar refractivity (Wildman–Crippen MR) is 253 cm³/mol. The third kappa shape index (κ3) is 15.8. The van der Waals surface area contributed by atoms with Gasteiger partial charge in [-0.2, -0.15) is 0 Å². The van der Waals surface area contributed by atoms with Crippen molar-refractivity contribution in [1.29, 1.82) is 0 Å². The standard InChI is InChI=1S/C50H78O3.H4O5P2/c1-15-16-17-18-19-20-21-22-23-24-25-26-50(42-28-39(48(9,10)11)31-45(52)36(42)4,43-29-40(49(12,13)14)32-46(53)37(43)5)33-34(2)41-27-38(47(6,7)8)30-44(51)35(41)3;1-6(2)5-7(3)4/h27-32,34,51-53H,15-26,33H2,1-14H3;1-4H. The number of phenolic OH excluding ortho intramolecular Hbond substituents is 3. The van der Waals surface area contributed by atoms with E-state index in [-0.39, 0.29) is 22.2 Å². The lowest BCUT2D eigenvalue weighted by molar-refractivity contribution is 0.324. The van der Waals surface area contributed by atoms with Gasteiger partial charge in [0, 0.05) is 5.41 Å². The van der Waals surface area contributed by atoms with Crippen molar-refractivity contribution in [2.45, 2.75) is 208 Å². The Morgan fingerprint density at radius 2 is 0.833 bits per heavy atom. The molecular weight excluding hydrogens is 790 g/mol. The average Bonchev–Trinajstić information content (AvgIpc) is 3.11. The van der Waals surface area contributed by atoms with Crippen molar-refractivity contribution in [3.8, 4) is 17.2 Å². The summed E-state index contributed by atoms with van der Waals surface area (Å²) in [7, 11) is -5.22. The Morgan fingerprint density at radius 3 is 1.17 bits per heavy atom. The van der Waals surface area contributed by atoms with Crippen LogP contribution in [0, 0.1) is 20.8 Å². The first-order valence-corrected chi connectivity index (χ1v) is 24.6. The van der Waals surface area contributed by atoms with Crippen LogP contribution in [-0.4, -0.2) is 34.9 Å². The summed E-state index contributed by atoms with van der Waals surface area (Å²) in [4.78, 5) is 31.3. The molecule has 0 saturated heterocycles. The molecule has 0 bridgehead atoms. The van der Waals surface area contributed by atoms with Crippen molar-refractivity contribution < 1.29 is 39.2 Å². The lowest BCUT2D eigenvalue weighted by Crippen LogP contribution is -2.33. The van der Waals surface area contributed by atoms with E-state index in [4.69, 9.17) is 19.6 Å². The van der Waals surface area contributed by atoms with Gasteiger partial charge in [0.1, 0.15) is 17.2 Å². The van der Waals surface area contributed by atoms with E-state index in [1.807, 2.05) is 25.1 Å². The fourth-order valence-electron chi connectivity index (χ4n) is 8.45. The molecule has 3 aromatic rings. The number of rotatable bonds is 19. The second kappa shape index (κ2) is 23.4. The van der Waals surface area contributed by atoms with Gasteiger partial charge < -0.3 is 34.9 Å². The van der Waals surface area contributed by atoms with Crippen LogP contribution in [0.4, 0.5) is 0 Å². The van der Waals surface area contributed by atoms with Crippen molar-refractivity contribution in [2.24, 2.45) is 0 Å². The summed E-state index contributed by atoms with van der Waals surface area (Å²) in [5, 5.41) is 34.7. The zero-order chi connectivity index (χ0) is 45.8. The van der Waals surface area contributed by atoms with Gasteiger partial charge in [-0.25, -0.2) is 4.31 Å². The van der Waals surface area contributed by atoms with Gasteiger partial charge in [0.05, 0.1) is 0 Å². The van der Waals surface area contributed by atoms with Crippen molar-refractivity contribution >= 4 is 17.2 Å². The summed E-state index contributed by atoms with van der Waals surface area (Å²) in [5.41, 5.74) is 8.65. The van der Waals surface area contributed by atoms with Gasteiger partial charge in [-0.15, -0.1) is 0 Å². The number of unbranched alkanes of at least 4 members (excludes halogenated alkanes) is 10. The molecule has 340 valence electrons. The first-order valence-electron chi connectivity index (χ1n) is 22.2. The minimum Gasteiger partial charge on any atom is -0.508 e. The average molecular weight is 873 g/mol. The highest BCUT2D eigenvalue weighted by molar-refractivity contribution is 7.53. The zero-order valence-electron chi connectivity index (χ0n) is 39.7. The van der Waals surface area contributed by atoms with Crippen LogP contribution in [0.1, 0.15) is 216 Å². The van der Waals surface area contributed by atoms with Crippen LogP contribution in [0.25, 0.3) is 0 Å². The Balaban J connectivity index is 0.00000162. The zero-order valence-corrected chi connectivity index (χ0v) is 41.5. The molecule has 0 aromatic heterocycles. The smallest absolute Gasteiger partial charge is 0.334 e. The van der Waals surface area contributed by atoms with Crippen molar-refractivity contribution in [1.82, 2.24) is 0 Å². The van der Waals surface area contributed by atoms with E-state index < -0.39 is 22.6 Å². The highest BCUT2D eigenvalue weighted by atomic mass is 31.2. The molecule has 60 heavy (non-hydrogen) atoms. The molecule has 10 heteroatoms. The first kappa shape index (κ1) is 53.9. The summed E-state index contributed by atoms with van der Waals surface area (Å²) in [6, 6.07) is 12.9. The summed E-state index contributed by atoms with van der Waals surface area (Å²) >= 11 is 0. The molecule has 7 N–H and O–H groups in total. The SMILES string of the molecule is CCCCCCCCCCCCCC(CC(C)c1cc(C(C)(C)C)cc(O)c1C)(c1cc(C(C)(C)C)cc(O)c1C)c1cc(C(C)(C)C)cc(O)c1C.OP(O)OP(O)O. The Morgan fingerprint density at radius 1 is 0.500 bits per heavy atom. The van der Waals surface area contributed by atoms with Gasteiger partial charge in [-0.05, 0) is 124 Å². The minimum absolute atomic E-state index is 0.0792. The van der Waals surface area contributed by atoms with E-state index in [1.165, 1.54) is 63.4 Å². The van der Waals surface area contributed by atoms with Crippen molar-refractivity contribution in [2.75, 3.05) is 0 Å². The molecule has 0 spiro atoms. The number of hydrogen-bond acceptors (Lipinski definition) is 8. The van der Waals surface area contributed by atoms with E-state index >= 15 is 0 Å². The first-order chi connectivity index (χ1) is 27.7. The molecule has 0 radical (unpaired) electrons. The third-order valence-corrected chi connectivity index (χ3v) is 13.5. The number of hydrogen-bond donors (Lipinski definition) is 7. The monoisotopic (exact) mass is 873 g/mol. The lowest BCUT2D eigenvalue weighted by atomic mass is 9.62. The highest BCUT2D eigenvalue weighted by Gasteiger charge is 2.41. The highest BCUT2D eigenvalue weighted by Crippen LogP contribution is 2.52. The molecule has 8 nitrogen and oxygen atoms in total. The molecule has 3 aromatic carbocycles. The largest absolute Gasteiger partial charge is 0.508 e. The van der Waals surface area contributed by atoms with Crippen LogP contribution in [0.3, 0.4) is 0 Å². The van der Waals surface area contributed by atoms with Gasteiger partial charge >= 0.3 is 17.2 Å². The number of aromatic hydroxyl groups is 3. The molecule has 0 aliphatic carbocycles. The Bertz CT molecular complexity index is 1710. The topological polar surface area (TPSA) is 151 Å². The van der Waals surface area contributed by atoms with E-state index in [2.05, 4.69) is 113 Å². The van der Waals surface area contributed by atoms with Crippen molar-refractivity contribution in [3.63, 3.8) is 0 Å². The normalized spacial score (nSPS) is 13.2. The molecule has 1 unspecified atom stereocenters. The van der Waals surface area contributed by atoms with Crippen LogP contribution in [0.2, 0.25) is 0 Å². The lowest BCUT2D eigenvalue weighted by Gasteiger charge is -2.42.